The molecule has 0 radical (unpaired) electrons. The van der Waals surface area contributed by atoms with Crippen molar-refractivity contribution in [3.8, 4) is 0 Å². The first-order chi connectivity index (χ1) is 7.78. The largest absolute Gasteiger partial charge is 0.397 e. The van der Waals surface area contributed by atoms with E-state index in [1.54, 1.807) is 14.2 Å². The molecule has 0 aromatic heterocycles. The van der Waals surface area contributed by atoms with Gasteiger partial charge in [0.2, 0.25) is 0 Å². The molecule has 0 N–H and O–H groups in total. The fourth-order valence-corrected chi connectivity index (χ4v) is 6.18. The molecule has 0 saturated heterocycles. The van der Waals surface area contributed by atoms with E-state index in [0.717, 1.165) is 0 Å². The molecule has 0 aromatic rings. The predicted octanol–water partition coefficient (Wildman–Crippen LogP) is 2.91. The fraction of sp³-hybridized carbons (Fsp3) is 0.692. The quantitative estimate of drug-likeness (QED) is 0.721. The van der Waals surface area contributed by atoms with Crippen molar-refractivity contribution in [3.05, 3.63) is 23.9 Å². The van der Waals surface area contributed by atoms with E-state index in [1.807, 2.05) is 0 Å². The zero-order chi connectivity index (χ0) is 13.3. The Hall–Kier alpha value is -0.583. The SMILES string of the molecule is CO[Si](OC)(C1C=CC(N(C)C)=C1)C(C)(C)C. The van der Waals surface area contributed by atoms with Crippen LogP contribution in [-0.2, 0) is 8.85 Å². The third-order valence-corrected chi connectivity index (χ3v) is 7.97. The summed E-state index contributed by atoms with van der Waals surface area (Å²) in [6.45, 7) is 6.59. The Balaban J connectivity index is 3.08. The van der Waals surface area contributed by atoms with Gasteiger partial charge in [-0.2, -0.15) is 0 Å². The molecule has 1 aliphatic rings. The molecule has 0 amide bonds. The summed E-state index contributed by atoms with van der Waals surface area (Å²) < 4.78 is 11.7. The first kappa shape index (κ1) is 14.5. The van der Waals surface area contributed by atoms with Crippen molar-refractivity contribution in [2.24, 2.45) is 0 Å². The number of hydrogen-bond donors (Lipinski definition) is 0. The lowest BCUT2D eigenvalue weighted by Gasteiger charge is -2.41. The molecule has 0 fully saturated rings. The van der Waals surface area contributed by atoms with Gasteiger partial charge in [0.25, 0.3) is 0 Å². The molecule has 0 aromatic carbocycles. The van der Waals surface area contributed by atoms with Crippen molar-refractivity contribution in [2.75, 3.05) is 28.3 Å². The topological polar surface area (TPSA) is 21.7 Å². The molecule has 0 spiro atoms. The van der Waals surface area contributed by atoms with Crippen LogP contribution in [0.5, 0.6) is 0 Å². The predicted molar refractivity (Wildman–Crippen MR) is 74.1 cm³/mol. The second kappa shape index (κ2) is 4.96. The Kier molecular flexibility index (Phi) is 4.22. The molecule has 0 bridgehead atoms. The molecule has 3 nitrogen and oxygen atoms in total. The molecule has 0 aliphatic heterocycles. The molecule has 1 atom stereocenters. The van der Waals surface area contributed by atoms with Gasteiger partial charge in [0.05, 0.1) is 0 Å². The average molecular weight is 255 g/mol. The molecule has 0 heterocycles. The lowest BCUT2D eigenvalue weighted by atomic mass is 10.2. The molecular weight excluding hydrogens is 230 g/mol. The highest BCUT2D eigenvalue weighted by Gasteiger charge is 2.53. The fourth-order valence-electron chi connectivity index (χ4n) is 2.50. The summed E-state index contributed by atoms with van der Waals surface area (Å²) in [4.78, 5) is 2.11. The van der Waals surface area contributed by atoms with E-state index < -0.39 is 8.56 Å². The van der Waals surface area contributed by atoms with Crippen molar-refractivity contribution < 1.29 is 8.85 Å². The van der Waals surface area contributed by atoms with Gasteiger partial charge in [-0.3, -0.25) is 0 Å². The Labute approximate surface area is 106 Å². The van der Waals surface area contributed by atoms with Gasteiger partial charge in [-0.05, 0) is 6.08 Å². The van der Waals surface area contributed by atoms with Crippen molar-refractivity contribution in [1.82, 2.24) is 4.90 Å². The van der Waals surface area contributed by atoms with E-state index in [2.05, 4.69) is 58.0 Å². The number of rotatable bonds is 4. The van der Waals surface area contributed by atoms with Crippen molar-refractivity contribution >= 4 is 8.56 Å². The van der Waals surface area contributed by atoms with Gasteiger partial charge in [0, 0.05) is 44.6 Å². The van der Waals surface area contributed by atoms with Gasteiger partial charge in [-0.1, -0.05) is 32.9 Å². The number of nitrogens with zero attached hydrogens (tertiary/aromatic N) is 1. The molecule has 17 heavy (non-hydrogen) atoms. The smallest absolute Gasteiger partial charge is 0.354 e. The summed E-state index contributed by atoms with van der Waals surface area (Å²) in [6.07, 6.45) is 6.61. The minimum absolute atomic E-state index is 0.0315. The normalized spacial score (nSPS) is 20.6. The van der Waals surface area contributed by atoms with Gasteiger partial charge in [-0.15, -0.1) is 0 Å². The van der Waals surface area contributed by atoms with E-state index in [4.69, 9.17) is 8.85 Å². The van der Waals surface area contributed by atoms with Crippen molar-refractivity contribution in [1.29, 1.82) is 0 Å². The van der Waals surface area contributed by atoms with Crippen LogP contribution < -0.4 is 0 Å². The lowest BCUT2D eigenvalue weighted by molar-refractivity contribution is 0.211. The van der Waals surface area contributed by atoms with Crippen LogP contribution in [0.2, 0.25) is 10.6 Å². The third kappa shape index (κ3) is 2.49. The standard InChI is InChI=1S/C13H25NO2Si/c1-13(2,3)17(15-6,16-7)12-9-8-11(10-12)14(4)5/h8-10,12H,1-7H3. The van der Waals surface area contributed by atoms with Crippen LogP contribution in [0.3, 0.4) is 0 Å². The van der Waals surface area contributed by atoms with Crippen LogP contribution in [0.4, 0.5) is 0 Å². The lowest BCUT2D eigenvalue weighted by Crippen LogP contribution is -2.51. The molecule has 4 heteroatoms. The first-order valence-electron chi connectivity index (χ1n) is 5.96. The summed E-state index contributed by atoms with van der Waals surface area (Å²) in [5.41, 5.74) is 1.50. The maximum atomic E-state index is 5.87. The van der Waals surface area contributed by atoms with E-state index in [9.17, 15) is 0 Å². The van der Waals surface area contributed by atoms with Crippen molar-refractivity contribution in [2.45, 2.75) is 31.4 Å². The van der Waals surface area contributed by atoms with Crippen LogP contribution in [0, 0.1) is 0 Å². The highest BCUT2D eigenvalue weighted by molar-refractivity contribution is 6.73. The van der Waals surface area contributed by atoms with E-state index in [-0.39, 0.29) is 10.6 Å². The van der Waals surface area contributed by atoms with E-state index in [0.29, 0.717) is 0 Å². The molecular formula is C13H25NO2Si. The third-order valence-electron chi connectivity index (χ3n) is 3.43. The zero-order valence-electron chi connectivity index (χ0n) is 12.1. The minimum atomic E-state index is -2.29. The van der Waals surface area contributed by atoms with Crippen LogP contribution in [0.25, 0.3) is 0 Å². The second-order valence-corrected chi connectivity index (χ2v) is 10.0. The Morgan fingerprint density at radius 1 is 1.18 bits per heavy atom. The molecule has 1 rings (SSSR count). The monoisotopic (exact) mass is 255 g/mol. The highest BCUT2D eigenvalue weighted by Crippen LogP contribution is 2.47. The molecule has 0 saturated carbocycles. The van der Waals surface area contributed by atoms with Gasteiger partial charge in [0.1, 0.15) is 0 Å². The number of likely N-dealkylation sites (N-methyl/N-ethyl adjacent to an activating group) is 1. The van der Waals surface area contributed by atoms with Gasteiger partial charge < -0.3 is 13.8 Å². The summed E-state index contributed by atoms with van der Waals surface area (Å²) in [5.74, 6) is 0. The van der Waals surface area contributed by atoms with Crippen molar-refractivity contribution in [3.63, 3.8) is 0 Å². The van der Waals surface area contributed by atoms with Crippen LogP contribution in [-0.4, -0.2) is 41.8 Å². The minimum Gasteiger partial charge on any atom is -0.397 e. The molecule has 98 valence electrons. The zero-order valence-corrected chi connectivity index (χ0v) is 13.1. The number of allylic oxidation sites excluding steroid dienone is 3. The van der Waals surface area contributed by atoms with Gasteiger partial charge in [-0.25, -0.2) is 0 Å². The van der Waals surface area contributed by atoms with Gasteiger partial charge in [0.15, 0.2) is 0 Å². The Bertz CT molecular complexity index is 325. The van der Waals surface area contributed by atoms with Crippen LogP contribution in [0.1, 0.15) is 20.8 Å². The summed E-state index contributed by atoms with van der Waals surface area (Å²) in [7, 11) is 5.37. The molecule has 1 unspecified atom stereocenters. The van der Waals surface area contributed by atoms with E-state index in [1.165, 1.54) is 5.70 Å². The van der Waals surface area contributed by atoms with E-state index >= 15 is 0 Å². The Morgan fingerprint density at radius 2 is 1.71 bits per heavy atom. The highest BCUT2D eigenvalue weighted by atomic mass is 28.4. The first-order valence-corrected chi connectivity index (χ1v) is 7.85. The average Bonchev–Trinajstić information content (AvgIpc) is 2.68. The maximum Gasteiger partial charge on any atom is 0.354 e. The summed E-state index contributed by atoms with van der Waals surface area (Å²) in [5, 5.41) is 0.0315. The summed E-state index contributed by atoms with van der Waals surface area (Å²) in [6, 6.07) is 0. The maximum absolute atomic E-state index is 5.87. The van der Waals surface area contributed by atoms with Crippen LogP contribution >= 0.6 is 0 Å². The summed E-state index contributed by atoms with van der Waals surface area (Å²) >= 11 is 0. The van der Waals surface area contributed by atoms with Gasteiger partial charge >= 0.3 is 8.56 Å². The molecule has 1 aliphatic carbocycles. The Morgan fingerprint density at radius 3 is 2.00 bits per heavy atom. The number of hydrogen-bond acceptors (Lipinski definition) is 3. The van der Waals surface area contributed by atoms with Crippen LogP contribution in [0.15, 0.2) is 23.9 Å². The second-order valence-electron chi connectivity index (χ2n) is 5.70.